The van der Waals surface area contributed by atoms with Crippen LogP contribution in [0.3, 0.4) is 0 Å². The fraction of sp³-hybridized carbons (Fsp3) is 0.500. The number of hydrogen-bond acceptors (Lipinski definition) is 2. The molecule has 1 amide bonds. The Labute approximate surface area is 113 Å². The molecule has 1 atom stereocenters. The van der Waals surface area contributed by atoms with E-state index in [9.17, 15) is 9.18 Å². The van der Waals surface area contributed by atoms with Crippen molar-refractivity contribution in [2.75, 3.05) is 19.1 Å². The van der Waals surface area contributed by atoms with Crippen LogP contribution >= 0.6 is 11.8 Å². The van der Waals surface area contributed by atoms with Crippen LogP contribution in [0.4, 0.5) is 4.39 Å². The molecular weight excluding hydrogens is 249 g/mol. The van der Waals surface area contributed by atoms with Gasteiger partial charge in [0, 0.05) is 13.1 Å². The first-order valence-corrected chi connectivity index (χ1v) is 7.39. The number of aryl methyl sites for hydroxylation is 1. The molecule has 0 radical (unpaired) electrons. The maximum Gasteiger partial charge on any atom is 0.256 e. The van der Waals surface area contributed by atoms with E-state index in [0.717, 1.165) is 17.7 Å². The minimum absolute atomic E-state index is 0.116. The Balaban J connectivity index is 2.79. The number of carbonyl (C=O) groups is 1. The Morgan fingerprint density at radius 2 is 2.17 bits per heavy atom. The number of amides is 1. The van der Waals surface area contributed by atoms with Crippen molar-refractivity contribution >= 4 is 17.7 Å². The first-order valence-electron chi connectivity index (χ1n) is 5.99. The Kier molecular flexibility index (Phi) is 5.66. The van der Waals surface area contributed by atoms with E-state index in [1.54, 1.807) is 35.8 Å². The summed E-state index contributed by atoms with van der Waals surface area (Å²) in [4.78, 5) is 13.8. The normalized spacial score (nSPS) is 12.3. The largest absolute Gasteiger partial charge is 0.339 e. The summed E-state index contributed by atoms with van der Waals surface area (Å²) in [6.45, 7) is 3.79. The lowest BCUT2D eigenvalue weighted by molar-refractivity contribution is 0.0736. The van der Waals surface area contributed by atoms with E-state index in [2.05, 4.69) is 0 Å². The van der Waals surface area contributed by atoms with Crippen LogP contribution in [0.1, 0.15) is 29.3 Å². The van der Waals surface area contributed by atoms with Crippen LogP contribution < -0.4 is 0 Å². The highest BCUT2D eigenvalue weighted by molar-refractivity contribution is 7.98. The highest BCUT2D eigenvalue weighted by Gasteiger charge is 2.20. The number of carbonyl (C=O) groups excluding carboxylic acids is 1. The molecule has 0 aliphatic heterocycles. The van der Waals surface area contributed by atoms with E-state index in [1.165, 1.54) is 6.07 Å². The van der Waals surface area contributed by atoms with Crippen LogP contribution in [0.25, 0.3) is 0 Å². The highest BCUT2D eigenvalue weighted by atomic mass is 32.2. The summed E-state index contributed by atoms with van der Waals surface area (Å²) in [5.74, 6) is 0.305. The van der Waals surface area contributed by atoms with Crippen LogP contribution in [0.5, 0.6) is 0 Å². The average molecular weight is 269 g/mol. The third-order valence-corrected chi connectivity index (χ3v) is 3.72. The van der Waals surface area contributed by atoms with Crippen molar-refractivity contribution in [2.45, 2.75) is 26.3 Å². The fourth-order valence-electron chi connectivity index (χ4n) is 1.67. The van der Waals surface area contributed by atoms with Crippen LogP contribution in [-0.2, 0) is 0 Å². The van der Waals surface area contributed by atoms with E-state index in [4.69, 9.17) is 0 Å². The molecular formula is C14H20FNOS. The second kappa shape index (κ2) is 6.78. The van der Waals surface area contributed by atoms with Gasteiger partial charge in [0.2, 0.25) is 0 Å². The summed E-state index contributed by atoms with van der Waals surface area (Å²) in [6.07, 6.45) is 2.95. The number of nitrogens with zero attached hydrogens (tertiary/aromatic N) is 1. The zero-order valence-corrected chi connectivity index (χ0v) is 12.2. The average Bonchev–Trinajstić information content (AvgIpc) is 2.34. The number of benzene rings is 1. The van der Waals surface area contributed by atoms with Gasteiger partial charge < -0.3 is 4.90 Å². The van der Waals surface area contributed by atoms with E-state index in [1.807, 2.05) is 20.1 Å². The number of rotatable bonds is 5. The maximum atomic E-state index is 13.7. The summed E-state index contributed by atoms with van der Waals surface area (Å²) < 4.78 is 13.7. The number of hydrogen-bond donors (Lipinski definition) is 0. The molecule has 18 heavy (non-hydrogen) atoms. The smallest absolute Gasteiger partial charge is 0.256 e. The van der Waals surface area contributed by atoms with Gasteiger partial charge in [-0.1, -0.05) is 6.07 Å². The van der Waals surface area contributed by atoms with Gasteiger partial charge in [0.05, 0.1) is 5.56 Å². The van der Waals surface area contributed by atoms with Gasteiger partial charge in [-0.3, -0.25) is 4.79 Å². The van der Waals surface area contributed by atoms with E-state index in [0.29, 0.717) is 0 Å². The molecule has 0 aromatic heterocycles. The topological polar surface area (TPSA) is 20.3 Å². The van der Waals surface area contributed by atoms with Crippen LogP contribution in [0.15, 0.2) is 18.2 Å². The summed E-state index contributed by atoms with van der Waals surface area (Å²) in [6, 6.07) is 4.83. The molecule has 0 saturated heterocycles. The lowest BCUT2D eigenvalue weighted by Crippen LogP contribution is -2.35. The molecule has 0 saturated carbocycles. The predicted molar refractivity (Wildman–Crippen MR) is 75.7 cm³/mol. The van der Waals surface area contributed by atoms with E-state index in [-0.39, 0.29) is 17.5 Å². The lowest BCUT2D eigenvalue weighted by atomic mass is 10.1. The monoisotopic (exact) mass is 269 g/mol. The Hall–Kier alpha value is -1.03. The molecule has 1 aromatic rings. The molecule has 0 aliphatic rings. The van der Waals surface area contributed by atoms with Gasteiger partial charge in [0.15, 0.2) is 0 Å². The van der Waals surface area contributed by atoms with Crippen molar-refractivity contribution in [2.24, 2.45) is 0 Å². The Morgan fingerprint density at radius 1 is 1.50 bits per heavy atom. The molecule has 0 N–H and O–H groups in total. The number of thioether (sulfide) groups is 1. The molecule has 0 aliphatic carbocycles. The minimum Gasteiger partial charge on any atom is -0.339 e. The standard InChI is InChI=1S/C14H20FNOS/c1-10-5-6-12(13(15)9-10)14(17)16(3)11(2)7-8-18-4/h5-6,9,11H,7-8H2,1-4H3. The first kappa shape index (κ1) is 15.0. The second-order valence-corrected chi connectivity index (χ2v) is 5.52. The van der Waals surface area contributed by atoms with Crippen molar-refractivity contribution in [3.8, 4) is 0 Å². The molecule has 1 rings (SSSR count). The maximum absolute atomic E-state index is 13.7. The summed E-state index contributed by atoms with van der Waals surface area (Å²) in [5, 5.41) is 0. The molecule has 1 unspecified atom stereocenters. The van der Waals surface area contributed by atoms with E-state index < -0.39 is 5.82 Å². The Morgan fingerprint density at radius 3 is 2.72 bits per heavy atom. The SMILES string of the molecule is CSCCC(C)N(C)C(=O)c1ccc(C)cc1F. The minimum atomic E-state index is -0.441. The predicted octanol–water partition coefficient (Wildman–Crippen LogP) is 3.35. The van der Waals surface area contributed by atoms with Gasteiger partial charge in [-0.25, -0.2) is 4.39 Å². The molecule has 2 nitrogen and oxygen atoms in total. The molecule has 0 spiro atoms. The molecule has 0 fully saturated rings. The van der Waals surface area contributed by atoms with Gasteiger partial charge >= 0.3 is 0 Å². The van der Waals surface area contributed by atoms with Crippen LogP contribution in [0, 0.1) is 12.7 Å². The van der Waals surface area contributed by atoms with Gasteiger partial charge in [-0.05, 0) is 50.0 Å². The third kappa shape index (κ3) is 3.73. The van der Waals surface area contributed by atoms with Gasteiger partial charge in [0.25, 0.3) is 5.91 Å². The highest BCUT2D eigenvalue weighted by Crippen LogP contribution is 2.15. The molecule has 1 aromatic carbocycles. The van der Waals surface area contributed by atoms with Gasteiger partial charge in [0.1, 0.15) is 5.82 Å². The molecule has 4 heteroatoms. The summed E-state index contributed by atoms with van der Waals surface area (Å²) >= 11 is 1.75. The van der Waals surface area contributed by atoms with Crippen LogP contribution in [0.2, 0.25) is 0 Å². The number of halogens is 1. The zero-order valence-electron chi connectivity index (χ0n) is 11.4. The van der Waals surface area contributed by atoms with Crippen molar-refractivity contribution in [1.29, 1.82) is 0 Å². The third-order valence-electron chi connectivity index (χ3n) is 3.08. The summed E-state index contributed by atoms with van der Waals surface area (Å²) in [7, 11) is 1.73. The first-order chi connectivity index (χ1) is 8.47. The Bertz CT molecular complexity index is 422. The van der Waals surface area contributed by atoms with Crippen molar-refractivity contribution in [1.82, 2.24) is 4.90 Å². The molecule has 100 valence electrons. The fourth-order valence-corrected chi connectivity index (χ4v) is 2.24. The molecule has 0 bridgehead atoms. The quantitative estimate of drug-likeness (QED) is 0.817. The summed E-state index contributed by atoms with van der Waals surface area (Å²) in [5.41, 5.74) is 0.973. The zero-order chi connectivity index (χ0) is 13.7. The van der Waals surface area contributed by atoms with Gasteiger partial charge in [-0.2, -0.15) is 11.8 Å². The molecule has 0 heterocycles. The lowest BCUT2D eigenvalue weighted by Gasteiger charge is -2.25. The van der Waals surface area contributed by atoms with Gasteiger partial charge in [-0.15, -0.1) is 0 Å². The van der Waals surface area contributed by atoms with Crippen molar-refractivity contribution < 1.29 is 9.18 Å². The van der Waals surface area contributed by atoms with Crippen molar-refractivity contribution in [3.05, 3.63) is 35.1 Å². The van der Waals surface area contributed by atoms with Crippen molar-refractivity contribution in [3.63, 3.8) is 0 Å². The van der Waals surface area contributed by atoms with Crippen LogP contribution in [-0.4, -0.2) is 35.9 Å². The second-order valence-electron chi connectivity index (χ2n) is 4.53. The van der Waals surface area contributed by atoms with E-state index >= 15 is 0 Å².